The monoisotopic (exact) mass is 440 g/mol. The van der Waals surface area contributed by atoms with Gasteiger partial charge in [-0.15, -0.1) is 5.10 Å². The molecule has 1 aliphatic heterocycles. The minimum atomic E-state index is -0.230. The third-order valence-electron chi connectivity index (χ3n) is 4.55. The normalized spacial score (nSPS) is 12.1. The predicted molar refractivity (Wildman–Crippen MR) is 115 cm³/mol. The third kappa shape index (κ3) is 4.98. The smallest absolute Gasteiger partial charge is 0.336 e. The van der Waals surface area contributed by atoms with E-state index in [0.29, 0.717) is 42.8 Å². The van der Waals surface area contributed by atoms with Gasteiger partial charge in [-0.1, -0.05) is 0 Å². The Morgan fingerprint density at radius 2 is 1.94 bits per heavy atom. The molecular weight excluding hydrogens is 416 g/mol. The number of amides is 1. The van der Waals surface area contributed by atoms with Gasteiger partial charge in [0.15, 0.2) is 17.3 Å². The number of ether oxygens (including phenoxy) is 5. The second-order valence-corrected chi connectivity index (χ2v) is 6.77. The van der Waals surface area contributed by atoms with Crippen molar-refractivity contribution in [1.82, 2.24) is 14.8 Å². The molecule has 0 radical (unpaired) electrons. The van der Waals surface area contributed by atoms with E-state index in [4.69, 9.17) is 23.7 Å². The number of carbonyl (C=O) groups excluding carboxylic acids is 1. The maximum absolute atomic E-state index is 11.7. The van der Waals surface area contributed by atoms with Crippen LogP contribution in [0.5, 0.6) is 17.5 Å². The van der Waals surface area contributed by atoms with Crippen LogP contribution in [-0.2, 0) is 14.3 Å². The highest BCUT2D eigenvalue weighted by Crippen LogP contribution is 2.36. The summed E-state index contributed by atoms with van der Waals surface area (Å²) in [6.07, 6.45) is 0. The van der Waals surface area contributed by atoms with Crippen molar-refractivity contribution in [3.05, 3.63) is 42.5 Å². The number of fused-ring (bicyclic) bond motifs is 1. The lowest BCUT2D eigenvalue weighted by Gasteiger charge is -2.08. The lowest BCUT2D eigenvalue weighted by atomic mass is 10.2. The van der Waals surface area contributed by atoms with Crippen molar-refractivity contribution in [3.8, 4) is 34.6 Å². The molecule has 4 rings (SSSR count). The van der Waals surface area contributed by atoms with E-state index in [9.17, 15) is 4.79 Å². The molecule has 0 unspecified atom stereocenters. The predicted octanol–water partition coefficient (Wildman–Crippen LogP) is 2.66. The number of hydrogen-bond donors (Lipinski definition) is 1. The molecule has 1 N–H and O–H groups in total. The first-order valence-electron chi connectivity index (χ1n) is 10.1. The number of rotatable bonds is 10. The van der Waals surface area contributed by atoms with Crippen molar-refractivity contribution in [1.29, 1.82) is 0 Å². The summed E-state index contributed by atoms with van der Waals surface area (Å²) in [5, 5.41) is 7.28. The summed E-state index contributed by atoms with van der Waals surface area (Å²) in [6.45, 7) is 3.49. The second-order valence-electron chi connectivity index (χ2n) is 6.77. The Morgan fingerprint density at radius 1 is 1.12 bits per heavy atom. The van der Waals surface area contributed by atoms with Crippen LogP contribution in [0.1, 0.15) is 6.92 Å². The molecule has 0 saturated heterocycles. The molecule has 2 heterocycles. The van der Waals surface area contributed by atoms with Gasteiger partial charge in [0.1, 0.15) is 13.2 Å². The molecule has 0 fully saturated rings. The SMILES string of the molecule is CCOCCOc1nc(-c2ccc3c(c2)OCO3)n(-c2ccc(NC(=O)COC)cc2)n1. The van der Waals surface area contributed by atoms with E-state index in [1.807, 2.05) is 37.3 Å². The molecule has 168 valence electrons. The van der Waals surface area contributed by atoms with Gasteiger partial charge in [0.05, 0.1) is 12.3 Å². The van der Waals surface area contributed by atoms with Gasteiger partial charge in [0, 0.05) is 25.0 Å². The summed E-state index contributed by atoms with van der Waals surface area (Å²) >= 11 is 0. The first-order valence-corrected chi connectivity index (χ1v) is 10.1. The van der Waals surface area contributed by atoms with E-state index in [2.05, 4.69) is 15.4 Å². The zero-order chi connectivity index (χ0) is 22.3. The molecular formula is C22H24N4O6. The van der Waals surface area contributed by atoms with Crippen LogP contribution in [-0.4, -0.2) is 61.0 Å². The summed E-state index contributed by atoms with van der Waals surface area (Å²) < 4.78 is 28.4. The molecule has 10 nitrogen and oxygen atoms in total. The van der Waals surface area contributed by atoms with Crippen molar-refractivity contribution in [2.75, 3.05) is 45.6 Å². The molecule has 3 aromatic rings. The number of carbonyl (C=O) groups is 1. The molecule has 1 aliphatic rings. The Hall–Kier alpha value is -3.63. The van der Waals surface area contributed by atoms with Gasteiger partial charge >= 0.3 is 6.01 Å². The van der Waals surface area contributed by atoms with Crippen LogP contribution in [0.15, 0.2) is 42.5 Å². The molecule has 0 spiro atoms. The van der Waals surface area contributed by atoms with Crippen LogP contribution >= 0.6 is 0 Å². The van der Waals surface area contributed by atoms with Gasteiger partial charge in [0.2, 0.25) is 12.7 Å². The minimum absolute atomic E-state index is 0.0124. The van der Waals surface area contributed by atoms with E-state index < -0.39 is 0 Å². The topological polar surface area (TPSA) is 106 Å². The van der Waals surface area contributed by atoms with Gasteiger partial charge in [0.25, 0.3) is 0 Å². The molecule has 10 heteroatoms. The third-order valence-corrected chi connectivity index (χ3v) is 4.55. The Balaban J connectivity index is 1.62. The lowest BCUT2D eigenvalue weighted by molar-refractivity contribution is -0.119. The minimum Gasteiger partial charge on any atom is -0.460 e. The van der Waals surface area contributed by atoms with Crippen LogP contribution in [0.25, 0.3) is 17.1 Å². The van der Waals surface area contributed by atoms with E-state index in [1.165, 1.54) is 7.11 Å². The first-order chi connectivity index (χ1) is 15.7. The number of nitrogens with zero attached hydrogens (tertiary/aromatic N) is 3. The fourth-order valence-electron chi connectivity index (χ4n) is 3.11. The van der Waals surface area contributed by atoms with Crippen LogP contribution < -0.4 is 19.5 Å². The van der Waals surface area contributed by atoms with Crippen LogP contribution in [0.4, 0.5) is 5.69 Å². The molecule has 0 aliphatic carbocycles. The van der Waals surface area contributed by atoms with Crippen molar-refractivity contribution in [2.45, 2.75) is 6.92 Å². The molecule has 1 aromatic heterocycles. The number of methoxy groups -OCH3 is 1. The maximum Gasteiger partial charge on any atom is 0.336 e. The van der Waals surface area contributed by atoms with E-state index in [0.717, 1.165) is 11.3 Å². The highest BCUT2D eigenvalue weighted by Gasteiger charge is 2.19. The van der Waals surface area contributed by atoms with E-state index in [1.54, 1.807) is 16.8 Å². The Morgan fingerprint density at radius 3 is 2.72 bits per heavy atom. The van der Waals surface area contributed by atoms with Gasteiger partial charge < -0.3 is 29.0 Å². The molecule has 1 amide bonds. The molecule has 0 bridgehead atoms. The zero-order valence-electron chi connectivity index (χ0n) is 17.9. The molecule has 0 saturated carbocycles. The van der Waals surface area contributed by atoms with Crippen LogP contribution in [0.3, 0.4) is 0 Å². The van der Waals surface area contributed by atoms with Crippen molar-refractivity contribution >= 4 is 11.6 Å². The van der Waals surface area contributed by atoms with Gasteiger partial charge in [-0.2, -0.15) is 4.98 Å². The number of aromatic nitrogens is 3. The van der Waals surface area contributed by atoms with Crippen molar-refractivity contribution in [3.63, 3.8) is 0 Å². The number of benzene rings is 2. The fraction of sp³-hybridized carbons (Fsp3) is 0.318. The average Bonchev–Trinajstić information content (AvgIpc) is 3.44. The average molecular weight is 440 g/mol. The summed E-state index contributed by atoms with van der Waals surface area (Å²) in [5.41, 5.74) is 2.18. The Kier molecular flexibility index (Phi) is 6.83. The fourth-order valence-corrected chi connectivity index (χ4v) is 3.11. The Labute approximate surface area is 185 Å². The summed E-state index contributed by atoms with van der Waals surface area (Å²) in [7, 11) is 1.47. The summed E-state index contributed by atoms with van der Waals surface area (Å²) in [6, 6.07) is 13.0. The second kappa shape index (κ2) is 10.1. The van der Waals surface area contributed by atoms with Gasteiger partial charge in [-0.05, 0) is 49.4 Å². The first kappa shape index (κ1) is 21.6. The molecule has 0 atom stereocenters. The quantitative estimate of drug-likeness (QED) is 0.480. The zero-order valence-corrected chi connectivity index (χ0v) is 17.9. The van der Waals surface area contributed by atoms with E-state index >= 15 is 0 Å². The lowest BCUT2D eigenvalue weighted by Crippen LogP contribution is -2.17. The molecule has 32 heavy (non-hydrogen) atoms. The standard InChI is InChI=1S/C22H24N4O6/c1-3-29-10-11-30-22-24-21(15-4-9-18-19(12-15)32-14-31-18)26(25-22)17-7-5-16(6-8-17)23-20(27)13-28-2/h4-9,12H,3,10-11,13-14H2,1-2H3,(H,23,27). The summed E-state index contributed by atoms with van der Waals surface area (Å²) in [5.74, 6) is 1.68. The Bertz CT molecular complexity index is 1070. The highest BCUT2D eigenvalue weighted by molar-refractivity contribution is 5.91. The number of anilines is 1. The summed E-state index contributed by atoms with van der Waals surface area (Å²) in [4.78, 5) is 16.3. The molecule has 2 aromatic carbocycles. The van der Waals surface area contributed by atoms with Crippen molar-refractivity contribution in [2.24, 2.45) is 0 Å². The largest absolute Gasteiger partial charge is 0.460 e. The van der Waals surface area contributed by atoms with Crippen LogP contribution in [0, 0.1) is 0 Å². The highest BCUT2D eigenvalue weighted by atomic mass is 16.7. The van der Waals surface area contributed by atoms with E-state index in [-0.39, 0.29) is 25.3 Å². The van der Waals surface area contributed by atoms with Crippen LogP contribution in [0.2, 0.25) is 0 Å². The number of hydrogen-bond acceptors (Lipinski definition) is 8. The van der Waals surface area contributed by atoms with Crippen molar-refractivity contribution < 1.29 is 28.5 Å². The van der Waals surface area contributed by atoms with Gasteiger partial charge in [-0.25, -0.2) is 4.68 Å². The maximum atomic E-state index is 11.7. The van der Waals surface area contributed by atoms with Gasteiger partial charge in [-0.3, -0.25) is 4.79 Å². The number of nitrogens with one attached hydrogen (secondary N) is 1.